The number of nitrogens with zero attached hydrogens (tertiary/aromatic N) is 1. The van der Waals surface area contributed by atoms with Gasteiger partial charge in [0.05, 0.1) is 41.8 Å². The van der Waals surface area contributed by atoms with Crippen LogP contribution in [0.3, 0.4) is 0 Å². The molecule has 2 heterocycles. The van der Waals surface area contributed by atoms with Crippen molar-refractivity contribution >= 4 is 35.4 Å². The molecule has 2 aromatic carbocycles. The molecule has 4 rings (SSSR count). The summed E-state index contributed by atoms with van der Waals surface area (Å²) in [7, 11) is 1.27. The van der Waals surface area contributed by atoms with E-state index in [1.165, 1.54) is 7.11 Å². The van der Waals surface area contributed by atoms with Crippen molar-refractivity contribution in [2.45, 2.75) is 19.8 Å². The number of benzene rings is 2. The van der Waals surface area contributed by atoms with E-state index in [4.69, 9.17) is 21.1 Å². The Bertz CT molecular complexity index is 1280. The number of dihydropyridines is 1. The highest BCUT2D eigenvalue weighted by molar-refractivity contribution is 6.30. The van der Waals surface area contributed by atoms with Gasteiger partial charge in [-0.2, -0.15) is 0 Å². The van der Waals surface area contributed by atoms with E-state index >= 15 is 0 Å². The molecule has 0 saturated carbocycles. The number of rotatable bonds is 6. The quantitative estimate of drug-likeness (QED) is 0.483. The Balaban J connectivity index is 1.57. The number of allylic oxidation sites excluding steroid dienone is 2. The number of fused-ring (bicyclic) bond motifs is 1. The van der Waals surface area contributed by atoms with Gasteiger partial charge < -0.3 is 14.8 Å². The van der Waals surface area contributed by atoms with Crippen molar-refractivity contribution in [2.24, 2.45) is 0 Å². The molecule has 0 saturated heterocycles. The third-order valence-corrected chi connectivity index (χ3v) is 6.23. The lowest BCUT2D eigenvalue weighted by Gasteiger charge is -2.30. The summed E-state index contributed by atoms with van der Waals surface area (Å²) >= 11 is 6.20. The monoisotopic (exact) mass is 494 g/mol. The summed E-state index contributed by atoms with van der Waals surface area (Å²) in [6, 6.07) is 13.4. The zero-order valence-corrected chi connectivity index (χ0v) is 20.1. The molecule has 8 nitrogen and oxygen atoms in total. The normalized spacial score (nSPS) is 17.4. The molecule has 180 valence electrons. The first-order valence-corrected chi connectivity index (χ1v) is 11.3. The molecule has 2 aliphatic rings. The summed E-state index contributed by atoms with van der Waals surface area (Å²) in [5.41, 5.74) is 2.78. The van der Waals surface area contributed by atoms with Crippen molar-refractivity contribution in [3.8, 4) is 0 Å². The van der Waals surface area contributed by atoms with Gasteiger partial charge in [-0.1, -0.05) is 35.9 Å². The Morgan fingerprint density at radius 3 is 2.11 bits per heavy atom. The number of imide groups is 1. The highest BCUT2D eigenvalue weighted by atomic mass is 35.5. The Hall–Kier alpha value is -3.91. The Kier molecular flexibility index (Phi) is 6.75. The number of hydrogen-bond donors (Lipinski definition) is 1. The van der Waals surface area contributed by atoms with Crippen LogP contribution in [0.5, 0.6) is 0 Å². The molecule has 0 bridgehead atoms. The van der Waals surface area contributed by atoms with E-state index in [1.54, 1.807) is 62.4 Å². The predicted octanol–water partition coefficient (Wildman–Crippen LogP) is 3.59. The van der Waals surface area contributed by atoms with Crippen molar-refractivity contribution < 1.29 is 28.7 Å². The van der Waals surface area contributed by atoms with E-state index < -0.39 is 29.7 Å². The Morgan fingerprint density at radius 1 is 0.943 bits per heavy atom. The zero-order valence-electron chi connectivity index (χ0n) is 19.4. The highest BCUT2D eigenvalue weighted by Crippen LogP contribution is 2.39. The fourth-order valence-corrected chi connectivity index (χ4v) is 4.61. The maximum atomic E-state index is 13.3. The molecule has 2 aromatic rings. The number of methoxy groups -OCH3 is 1. The lowest BCUT2D eigenvalue weighted by atomic mass is 9.80. The van der Waals surface area contributed by atoms with Crippen molar-refractivity contribution in [1.82, 2.24) is 10.2 Å². The van der Waals surface area contributed by atoms with Gasteiger partial charge in [-0.3, -0.25) is 14.5 Å². The van der Waals surface area contributed by atoms with E-state index in [-0.39, 0.29) is 24.3 Å². The molecule has 2 amide bonds. The van der Waals surface area contributed by atoms with E-state index in [2.05, 4.69) is 5.32 Å². The molecule has 0 aromatic heterocycles. The molecule has 2 aliphatic heterocycles. The number of amides is 2. The van der Waals surface area contributed by atoms with E-state index in [9.17, 15) is 19.2 Å². The second kappa shape index (κ2) is 9.76. The van der Waals surface area contributed by atoms with Crippen LogP contribution in [-0.4, -0.2) is 48.9 Å². The molecule has 0 radical (unpaired) electrons. The van der Waals surface area contributed by atoms with Crippen LogP contribution in [0, 0.1) is 0 Å². The minimum atomic E-state index is -0.783. The largest absolute Gasteiger partial charge is 0.466 e. The molecule has 0 fully saturated rings. The van der Waals surface area contributed by atoms with E-state index in [0.717, 1.165) is 4.90 Å². The number of ether oxygens (including phenoxy) is 2. The van der Waals surface area contributed by atoms with Gasteiger partial charge in [0.1, 0.15) is 6.61 Å². The van der Waals surface area contributed by atoms with E-state index in [0.29, 0.717) is 33.1 Å². The van der Waals surface area contributed by atoms with Crippen LogP contribution in [0.1, 0.15) is 46.0 Å². The smallest absolute Gasteiger partial charge is 0.336 e. The van der Waals surface area contributed by atoms with Crippen LogP contribution in [0.15, 0.2) is 71.1 Å². The average Bonchev–Trinajstić information content (AvgIpc) is 3.08. The minimum Gasteiger partial charge on any atom is -0.466 e. The number of carbonyl (C=O) groups is 4. The topological polar surface area (TPSA) is 102 Å². The zero-order chi connectivity index (χ0) is 25.3. The highest BCUT2D eigenvalue weighted by Gasteiger charge is 2.39. The van der Waals surface area contributed by atoms with Crippen LogP contribution in [0.25, 0.3) is 0 Å². The second-order valence-electron chi connectivity index (χ2n) is 8.13. The van der Waals surface area contributed by atoms with Gasteiger partial charge in [-0.15, -0.1) is 0 Å². The minimum absolute atomic E-state index is 0.0988. The SMILES string of the molecule is COC(=O)C1=C(C)NC(C)=C(C(=O)OCCN2C(=O)c3ccccc3C2=O)C1c1cccc(Cl)c1. The summed E-state index contributed by atoms with van der Waals surface area (Å²) in [4.78, 5) is 52.1. The van der Waals surface area contributed by atoms with Crippen molar-refractivity contribution in [2.75, 3.05) is 20.3 Å². The molecule has 35 heavy (non-hydrogen) atoms. The number of nitrogens with one attached hydrogen (secondary N) is 1. The van der Waals surface area contributed by atoms with Crippen LogP contribution < -0.4 is 5.32 Å². The third kappa shape index (κ3) is 4.44. The fourth-order valence-electron chi connectivity index (χ4n) is 4.41. The summed E-state index contributed by atoms with van der Waals surface area (Å²) < 4.78 is 10.5. The molecule has 0 aliphatic carbocycles. The van der Waals surface area contributed by atoms with Gasteiger partial charge in [0.25, 0.3) is 11.8 Å². The number of halogens is 1. The fraction of sp³-hybridized carbons (Fsp3) is 0.231. The Labute approximate surface area is 207 Å². The number of carbonyl (C=O) groups excluding carboxylic acids is 4. The lowest BCUT2D eigenvalue weighted by molar-refractivity contribution is -0.139. The van der Waals surface area contributed by atoms with Gasteiger partial charge in [-0.05, 0) is 43.7 Å². The van der Waals surface area contributed by atoms with Crippen LogP contribution >= 0.6 is 11.6 Å². The summed E-state index contributed by atoms with van der Waals surface area (Å²) in [5, 5.41) is 3.50. The predicted molar refractivity (Wildman–Crippen MR) is 128 cm³/mol. The Morgan fingerprint density at radius 2 is 1.54 bits per heavy atom. The standard InChI is InChI=1S/C26H23ClN2O6/c1-14-20(25(32)34-3)22(16-7-6-8-17(27)13-16)21(15(2)28-14)26(33)35-12-11-29-23(30)18-9-4-5-10-19(18)24(29)31/h4-10,13,22,28H,11-12H2,1-3H3. The third-order valence-electron chi connectivity index (χ3n) is 5.99. The maximum absolute atomic E-state index is 13.3. The number of esters is 2. The first kappa shape index (κ1) is 24.2. The summed E-state index contributed by atoms with van der Waals surface area (Å²) in [5.74, 6) is -2.93. The van der Waals surface area contributed by atoms with Crippen LogP contribution in [-0.2, 0) is 19.1 Å². The maximum Gasteiger partial charge on any atom is 0.336 e. The average molecular weight is 495 g/mol. The first-order chi connectivity index (χ1) is 16.7. The second-order valence-corrected chi connectivity index (χ2v) is 8.56. The van der Waals surface area contributed by atoms with Gasteiger partial charge >= 0.3 is 11.9 Å². The molecular formula is C26H23ClN2O6. The van der Waals surface area contributed by atoms with Crippen LogP contribution in [0.4, 0.5) is 0 Å². The summed E-state index contributed by atoms with van der Waals surface area (Å²) in [6.07, 6.45) is 0. The van der Waals surface area contributed by atoms with Gasteiger partial charge in [0.2, 0.25) is 0 Å². The molecule has 0 spiro atoms. The molecule has 1 N–H and O–H groups in total. The molecule has 1 atom stereocenters. The molecule has 1 unspecified atom stereocenters. The first-order valence-electron chi connectivity index (χ1n) is 10.9. The van der Waals surface area contributed by atoms with Gasteiger partial charge in [0.15, 0.2) is 0 Å². The lowest BCUT2D eigenvalue weighted by Crippen LogP contribution is -2.35. The van der Waals surface area contributed by atoms with Crippen molar-refractivity contribution in [1.29, 1.82) is 0 Å². The van der Waals surface area contributed by atoms with Crippen molar-refractivity contribution in [3.05, 3.63) is 92.8 Å². The number of hydrogen-bond acceptors (Lipinski definition) is 7. The molecular weight excluding hydrogens is 472 g/mol. The van der Waals surface area contributed by atoms with Crippen molar-refractivity contribution in [3.63, 3.8) is 0 Å². The summed E-state index contributed by atoms with van der Waals surface area (Å²) in [6.45, 7) is 3.12. The van der Waals surface area contributed by atoms with E-state index in [1.807, 2.05) is 0 Å². The van der Waals surface area contributed by atoms with Crippen LogP contribution in [0.2, 0.25) is 5.02 Å². The van der Waals surface area contributed by atoms with Gasteiger partial charge in [-0.25, -0.2) is 9.59 Å². The molecule has 9 heteroatoms. The van der Waals surface area contributed by atoms with Gasteiger partial charge in [0, 0.05) is 16.4 Å².